The third-order valence-electron chi connectivity index (χ3n) is 0.492. The third-order valence-corrected chi connectivity index (χ3v) is 1.16. The molecule has 77 valence electrons. The molecule has 6 nitrogen and oxygen atoms in total. The zero-order chi connectivity index (χ0) is 10.6. The second-order valence-electron chi connectivity index (χ2n) is 1.57. The fourth-order valence-electron chi connectivity index (χ4n) is 0. The Morgan fingerprint density at radius 1 is 1.25 bits per heavy atom. The summed E-state index contributed by atoms with van der Waals surface area (Å²) in [6.45, 7) is 0. The van der Waals surface area contributed by atoms with Crippen LogP contribution in [0, 0.1) is 0 Å². The van der Waals surface area contributed by atoms with Crippen molar-refractivity contribution in [2.75, 3.05) is 0 Å². The summed E-state index contributed by atoms with van der Waals surface area (Å²) in [5, 5.41) is 19.2. The van der Waals surface area contributed by atoms with Crippen molar-refractivity contribution >= 4 is 27.6 Å². The van der Waals surface area contributed by atoms with Crippen LogP contribution in [-0.4, -0.2) is 30.0 Å². The average Bonchev–Trinajstić information content (AvgIpc) is 1.55. The minimum absolute atomic E-state index is 0.861. The molecule has 0 spiro atoms. The van der Waals surface area contributed by atoms with Crippen molar-refractivity contribution in [2.24, 2.45) is 11.5 Å². The fraction of sp³-hybridized carbons (Fsp3) is 0.667. The number of hydrogen-bond donors (Lipinski definition) is 5. The van der Waals surface area contributed by atoms with Gasteiger partial charge in [-0.15, -0.1) is 0 Å². The molecule has 0 radical (unpaired) electrons. The number of rotatable bonds is 1. The van der Waals surface area contributed by atoms with Gasteiger partial charge in [-0.1, -0.05) is 23.2 Å². The number of halogens is 2. The maximum atomic E-state index is 8.99. The van der Waals surface area contributed by atoms with Crippen molar-refractivity contribution in [3.63, 3.8) is 0 Å². The Kier molecular flexibility index (Phi) is 6.70. The average molecular weight is 401 g/mol. The van der Waals surface area contributed by atoms with E-state index in [0.717, 1.165) is 0 Å². The molecule has 0 aromatic rings. The van der Waals surface area contributed by atoms with E-state index in [1.165, 1.54) is 19.8 Å². The molecule has 0 aromatic carbocycles. The van der Waals surface area contributed by atoms with E-state index in [2.05, 4.69) is 11.5 Å². The SMILES string of the molecule is NC(O)(Cl)C(N)(O)Cl.O=[C](O)[Pt]. The van der Waals surface area contributed by atoms with E-state index in [1.54, 1.807) is 0 Å². The molecule has 2 atom stereocenters. The first-order valence-electron chi connectivity index (χ1n) is 2.24. The summed E-state index contributed by atoms with van der Waals surface area (Å²) in [6, 6.07) is 0. The summed E-state index contributed by atoms with van der Waals surface area (Å²) in [7, 11) is 0. The molecule has 0 saturated heterocycles. The fourth-order valence-corrected chi connectivity index (χ4v) is 0. The molecule has 0 aliphatic rings. The molecule has 0 saturated carbocycles. The van der Waals surface area contributed by atoms with Gasteiger partial charge in [0.1, 0.15) is 0 Å². The summed E-state index contributed by atoms with van der Waals surface area (Å²) in [6.07, 6.45) is 0. The predicted octanol–water partition coefficient (Wildman–Crippen LogP) is -1.12. The topological polar surface area (TPSA) is 130 Å². The van der Waals surface area contributed by atoms with Crippen molar-refractivity contribution in [1.82, 2.24) is 0 Å². The van der Waals surface area contributed by atoms with Crippen LogP contribution in [0.4, 0.5) is 4.79 Å². The molecule has 0 heterocycles. The number of carboxylic acid groups (broad SMARTS) is 1. The third kappa shape index (κ3) is 10.6. The van der Waals surface area contributed by atoms with Crippen LogP contribution in [0.1, 0.15) is 0 Å². The van der Waals surface area contributed by atoms with Crippen molar-refractivity contribution < 1.29 is 39.9 Å². The Morgan fingerprint density at radius 3 is 1.33 bits per heavy atom. The van der Waals surface area contributed by atoms with Crippen molar-refractivity contribution in [3.05, 3.63) is 0 Å². The zero-order valence-electron chi connectivity index (χ0n) is 5.48. The van der Waals surface area contributed by atoms with Gasteiger partial charge in [0, 0.05) is 0 Å². The molecule has 0 bridgehead atoms. The summed E-state index contributed by atoms with van der Waals surface area (Å²) >= 11 is 10.9. The van der Waals surface area contributed by atoms with E-state index in [4.69, 9.17) is 43.3 Å². The molecule has 12 heavy (non-hydrogen) atoms. The van der Waals surface area contributed by atoms with E-state index in [9.17, 15) is 0 Å². The quantitative estimate of drug-likeness (QED) is 0.215. The van der Waals surface area contributed by atoms with Gasteiger partial charge in [-0.3, -0.25) is 11.5 Å². The van der Waals surface area contributed by atoms with Crippen molar-refractivity contribution in [2.45, 2.75) is 10.4 Å². The van der Waals surface area contributed by atoms with Gasteiger partial charge in [0.25, 0.3) is 0 Å². The maximum absolute atomic E-state index is 8.99. The van der Waals surface area contributed by atoms with E-state index >= 15 is 0 Å². The predicted molar refractivity (Wildman–Crippen MR) is 38.0 cm³/mol. The molecule has 0 aromatic heterocycles. The molecule has 0 amide bonds. The van der Waals surface area contributed by atoms with Crippen LogP contribution < -0.4 is 11.5 Å². The van der Waals surface area contributed by atoms with Gasteiger partial charge >= 0.3 is 34.1 Å². The first kappa shape index (κ1) is 15.1. The summed E-state index contributed by atoms with van der Waals surface area (Å²) in [5.74, 6) is 0. The van der Waals surface area contributed by atoms with E-state index < -0.39 is 14.7 Å². The minimum atomic E-state index is -2.49. The van der Waals surface area contributed by atoms with Gasteiger partial charge in [0.2, 0.25) is 10.4 Å². The Labute approximate surface area is 89.3 Å². The molecule has 0 fully saturated rings. The molecular weight excluding hydrogens is 394 g/mol. The van der Waals surface area contributed by atoms with E-state index in [0.29, 0.717) is 0 Å². The van der Waals surface area contributed by atoms with Gasteiger partial charge in [-0.2, -0.15) is 0 Å². The Balaban J connectivity index is 0. The molecular formula is C3H7Cl2N2O4Pt. The molecule has 2 unspecified atom stereocenters. The van der Waals surface area contributed by atoms with Gasteiger partial charge in [0.05, 0.1) is 0 Å². The molecule has 9 heteroatoms. The first-order chi connectivity index (χ1) is 4.98. The first-order valence-corrected chi connectivity index (χ1v) is 4.13. The number of carbonyl (C=O) groups is 1. The normalized spacial score (nSPS) is 19.7. The summed E-state index contributed by atoms with van der Waals surface area (Å²) < 4.78 is -0.861. The van der Waals surface area contributed by atoms with E-state index in [1.807, 2.05) is 0 Å². The molecule has 0 aliphatic heterocycles. The van der Waals surface area contributed by atoms with Crippen LogP contribution in [0.15, 0.2) is 0 Å². The summed E-state index contributed by atoms with van der Waals surface area (Å²) in [5.41, 5.74) is 9.25. The second-order valence-corrected chi connectivity index (χ2v) is 3.70. The molecule has 0 rings (SSSR count). The van der Waals surface area contributed by atoms with Crippen LogP contribution in [0.2, 0.25) is 0 Å². The number of alkyl halides is 2. The van der Waals surface area contributed by atoms with E-state index in [-0.39, 0.29) is 0 Å². The van der Waals surface area contributed by atoms with Crippen LogP contribution in [-0.2, 0) is 19.8 Å². The van der Waals surface area contributed by atoms with Crippen LogP contribution in [0.5, 0.6) is 0 Å². The monoisotopic (exact) mass is 400 g/mol. The van der Waals surface area contributed by atoms with Crippen molar-refractivity contribution in [1.29, 1.82) is 0 Å². The Morgan fingerprint density at radius 2 is 1.33 bits per heavy atom. The standard InChI is InChI=1S/C2H6Cl2N2O2.CHO2.Pt/c3-1(5,7)2(4,6)8;2-1-3;/h7-8H,5-6H2;(H,2,3);. The Bertz CT molecular complexity index is 137. The summed E-state index contributed by atoms with van der Waals surface area (Å²) in [4.78, 5) is 8.99. The Hall–Kier alpha value is 0.578. The van der Waals surface area contributed by atoms with Gasteiger partial charge in [-0.25, -0.2) is 0 Å². The van der Waals surface area contributed by atoms with Gasteiger partial charge in [-0.05, 0) is 0 Å². The van der Waals surface area contributed by atoms with Crippen molar-refractivity contribution in [3.8, 4) is 0 Å². The van der Waals surface area contributed by atoms with Crippen LogP contribution in [0.3, 0.4) is 0 Å². The van der Waals surface area contributed by atoms with Gasteiger partial charge < -0.3 is 10.2 Å². The van der Waals surface area contributed by atoms with Gasteiger partial charge in [0.15, 0.2) is 0 Å². The van der Waals surface area contributed by atoms with Crippen LogP contribution in [0.25, 0.3) is 0 Å². The second kappa shape index (κ2) is 5.34. The van der Waals surface area contributed by atoms with Crippen LogP contribution >= 0.6 is 23.2 Å². The number of hydrogen-bond acceptors (Lipinski definition) is 5. The molecule has 7 N–H and O–H groups in total. The zero-order valence-corrected chi connectivity index (χ0v) is 9.26. The number of aliphatic hydroxyl groups is 2. The molecule has 0 aliphatic carbocycles. The number of nitrogens with two attached hydrogens (primary N) is 2.